The van der Waals surface area contributed by atoms with Crippen molar-refractivity contribution in [3.05, 3.63) is 29.8 Å². The summed E-state index contributed by atoms with van der Waals surface area (Å²) in [6.45, 7) is 0.607. The van der Waals surface area contributed by atoms with Gasteiger partial charge in [0.25, 0.3) is 0 Å². The molecule has 0 bridgehead atoms. The summed E-state index contributed by atoms with van der Waals surface area (Å²) in [6, 6.07) is 7.02. The normalized spacial score (nSPS) is 19.5. The van der Waals surface area contributed by atoms with E-state index in [0.29, 0.717) is 6.54 Å². The maximum Gasteiger partial charge on any atom is 0.235 e. The van der Waals surface area contributed by atoms with E-state index in [2.05, 4.69) is 0 Å². The number of phenolic OH excluding ortho intramolecular Hbond substituents is 1. The van der Waals surface area contributed by atoms with Gasteiger partial charge in [-0.25, -0.2) is 0 Å². The Morgan fingerprint density at radius 1 is 1.39 bits per heavy atom. The fraction of sp³-hybridized carbons (Fsp3) is 0.500. The van der Waals surface area contributed by atoms with Crippen LogP contribution in [-0.2, 0) is 11.3 Å². The van der Waals surface area contributed by atoms with Crippen molar-refractivity contribution in [1.29, 1.82) is 0 Å². The van der Waals surface area contributed by atoms with Gasteiger partial charge in [-0.3, -0.25) is 4.79 Å². The lowest BCUT2D eigenvalue weighted by atomic mass is 10.1. The molecule has 18 heavy (non-hydrogen) atoms. The molecule has 1 heterocycles. The maximum absolute atomic E-state index is 12.2. The van der Waals surface area contributed by atoms with Gasteiger partial charge >= 0.3 is 0 Å². The van der Waals surface area contributed by atoms with Crippen molar-refractivity contribution in [3.8, 4) is 5.75 Å². The summed E-state index contributed by atoms with van der Waals surface area (Å²) in [5.41, 5.74) is 1.05. The second-order valence-electron chi connectivity index (χ2n) is 4.72. The minimum atomic E-state index is 0.140. The maximum atomic E-state index is 12.2. The Hall–Kier alpha value is -1.16. The molecule has 1 aromatic rings. The van der Waals surface area contributed by atoms with Crippen LogP contribution in [0.15, 0.2) is 24.3 Å². The van der Waals surface area contributed by atoms with Crippen molar-refractivity contribution in [2.75, 3.05) is 12.8 Å². The zero-order valence-corrected chi connectivity index (χ0v) is 11.4. The number of rotatable bonds is 3. The molecular formula is C14H19NO2S. The molecule has 1 aliphatic rings. The Morgan fingerprint density at radius 3 is 2.72 bits per heavy atom. The quantitative estimate of drug-likeness (QED) is 0.913. The summed E-state index contributed by atoms with van der Waals surface area (Å²) in [6.07, 6.45) is 3.40. The standard InChI is InChI=1S/C14H19NO2S/c1-15(10-11-5-7-12(16)8-6-11)14(17)13-4-2-3-9-18-13/h5-8,13,16H,2-4,9-10H2,1H3. The lowest BCUT2D eigenvalue weighted by Crippen LogP contribution is -2.35. The average Bonchev–Trinajstić information content (AvgIpc) is 2.41. The lowest BCUT2D eigenvalue weighted by Gasteiger charge is -2.26. The molecule has 1 aromatic carbocycles. The molecule has 1 amide bonds. The van der Waals surface area contributed by atoms with Crippen molar-refractivity contribution >= 4 is 17.7 Å². The molecule has 1 unspecified atom stereocenters. The Labute approximate surface area is 112 Å². The zero-order chi connectivity index (χ0) is 13.0. The number of hydrogen-bond donors (Lipinski definition) is 1. The van der Waals surface area contributed by atoms with Gasteiger partial charge in [-0.05, 0) is 36.3 Å². The van der Waals surface area contributed by atoms with Gasteiger partial charge in [-0.1, -0.05) is 18.6 Å². The molecule has 1 N–H and O–H groups in total. The highest BCUT2D eigenvalue weighted by molar-refractivity contribution is 8.00. The van der Waals surface area contributed by atoms with Crippen molar-refractivity contribution in [2.45, 2.75) is 31.1 Å². The van der Waals surface area contributed by atoms with Gasteiger partial charge in [0.2, 0.25) is 5.91 Å². The number of phenols is 1. The lowest BCUT2D eigenvalue weighted by molar-refractivity contribution is -0.130. The molecule has 0 spiro atoms. The number of aromatic hydroxyl groups is 1. The monoisotopic (exact) mass is 265 g/mol. The molecule has 4 heteroatoms. The first-order chi connectivity index (χ1) is 8.66. The third-order valence-corrected chi connectivity index (χ3v) is 4.55. The smallest absolute Gasteiger partial charge is 0.235 e. The van der Waals surface area contributed by atoms with Crippen LogP contribution in [0, 0.1) is 0 Å². The Bertz CT molecular complexity index is 399. The van der Waals surface area contributed by atoms with Crippen LogP contribution in [0.25, 0.3) is 0 Å². The Balaban J connectivity index is 1.92. The summed E-state index contributed by atoms with van der Waals surface area (Å²) in [4.78, 5) is 14.0. The van der Waals surface area contributed by atoms with Crippen LogP contribution in [0.5, 0.6) is 5.75 Å². The van der Waals surface area contributed by atoms with Crippen molar-refractivity contribution in [1.82, 2.24) is 4.90 Å². The van der Waals surface area contributed by atoms with Crippen LogP contribution in [0.1, 0.15) is 24.8 Å². The fourth-order valence-corrected chi connectivity index (χ4v) is 3.45. The number of amides is 1. The predicted octanol–water partition coefficient (Wildman–Crippen LogP) is 2.64. The van der Waals surface area contributed by atoms with E-state index in [1.165, 1.54) is 6.42 Å². The first kappa shape index (κ1) is 13.3. The van der Waals surface area contributed by atoms with Crippen LogP contribution in [0.3, 0.4) is 0 Å². The largest absolute Gasteiger partial charge is 0.508 e. The third kappa shape index (κ3) is 3.42. The van der Waals surface area contributed by atoms with Crippen LogP contribution in [0.2, 0.25) is 0 Å². The van der Waals surface area contributed by atoms with E-state index in [1.807, 2.05) is 19.2 Å². The van der Waals surface area contributed by atoms with Crippen LogP contribution in [0.4, 0.5) is 0 Å². The molecule has 1 saturated heterocycles. The summed E-state index contributed by atoms with van der Waals surface area (Å²) >= 11 is 1.78. The van der Waals surface area contributed by atoms with Crippen LogP contribution >= 0.6 is 11.8 Å². The summed E-state index contributed by atoms with van der Waals surface area (Å²) < 4.78 is 0. The molecule has 0 saturated carbocycles. The van der Waals surface area contributed by atoms with Crippen LogP contribution < -0.4 is 0 Å². The van der Waals surface area contributed by atoms with E-state index >= 15 is 0 Å². The predicted molar refractivity (Wildman–Crippen MR) is 74.7 cm³/mol. The highest BCUT2D eigenvalue weighted by Crippen LogP contribution is 2.26. The van der Waals surface area contributed by atoms with Gasteiger partial charge < -0.3 is 10.0 Å². The van der Waals surface area contributed by atoms with E-state index in [-0.39, 0.29) is 16.9 Å². The molecule has 98 valence electrons. The Kier molecular flexibility index (Phi) is 4.53. The number of benzene rings is 1. The molecular weight excluding hydrogens is 246 g/mol. The highest BCUT2D eigenvalue weighted by Gasteiger charge is 2.24. The molecule has 1 atom stereocenters. The van der Waals surface area contributed by atoms with Gasteiger partial charge in [0, 0.05) is 13.6 Å². The zero-order valence-electron chi connectivity index (χ0n) is 10.6. The summed E-state index contributed by atoms with van der Waals surface area (Å²) in [7, 11) is 1.85. The van der Waals surface area contributed by atoms with E-state index in [4.69, 9.17) is 0 Å². The highest BCUT2D eigenvalue weighted by atomic mass is 32.2. The number of hydrogen-bond acceptors (Lipinski definition) is 3. The Morgan fingerprint density at radius 2 is 2.11 bits per heavy atom. The second kappa shape index (κ2) is 6.14. The fourth-order valence-electron chi connectivity index (χ4n) is 2.13. The van der Waals surface area contributed by atoms with Gasteiger partial charge in [-0.2, -0.15) is 0 Å². The minimum absolute atomic E-state index is 0.140. The van der Waals surface area contributed by atoms with E-state index in [0.717, 1.165) is 24.2 Å². The van der Waals surface area contributed by atoms with E-state index in [1.54, 1.807) is 28.8 Å². The second-order valence-corrected chi connectivity index (χ2v) is 6.03. The molecule has 1 aliphatic heterocycles. The molecule has 0 radical (unpaired) electrons. The first-order valence-corrected chi connectivity index (χ1v) is 7.36. The molecule has 3 nitrogen and oxygen atoms in total. The van der Waals surface area contributed by atoms with Crippen molar-refractivity contribution in [2.24, 2.45) is 0 Å². The van der Waals surface area contributed by atoms with E-state index < -0.39 is 0 Å². The summed E-state index contributed by atoms with van der Waals surface area (Å²) in [5, 5.41) is 9.36. The SMILES string of the molecule is CN(Cc1ccc(O)cc1)C(=O)C1CCCCS1. The van der Waals surface area contributed by atoms with Gasteiger partial charge in [0.15, 0.2) is 0 Å². The van der Waals surface area contributed by atoms with E-state index in [9.17, 15) is 9.90 Å². The number of nitrogens with zero attached hydrogens (tertiary/aromatic N) is 1. The molecule has 0 aromatic heterocycles. The molecule has 1 fully saturated rings. The van der Waals surface area contributed by atoms with Gasteiger partial charge in [-0.15, -0.1) is 11.8 Å². The molecule has 0 aliphatic carbocycles. The van der Waals surface area contributed by atoms with Crippen molar-refractivity contribution in [3.63, 3.8) is 0 Å². The third-order valence-electron chi connectivity index (χ3n) is 3.19. The molecule has 2 rings (SSSR count). The topological polar surface area (TPSA) is 40.5 Å². The van der Waals surface area contributed by atoms with Crippen molar-refractivity contribution < 1.29 is 9.90 Å². The minimum Gasteiger partial charge on any atom is -0.508 e. The van der Waals surface area contributed by atoms with Crippen LogP contribution in [-0.4, -0.2) is 34.0 Å². The van der Waals surface area contributed by atoms with Gasteiger partial charge in [0.05, 0.1) is 5.25 Å². The summed E-state index contributed by atoms with van der Waals surface area (Å²) in [5.74, 6) is 1.59. The number of thioether (sulfide) groups is 1. The van der Waals surface area contributed by atoms with Gasteiger partial charge in [0.1, 0.15) is 5.75 Å². The number of carbonyl (C=O) groups is 1. The number of carbonyl (C=O) groups excluding carboxylic acids is 1. The average molecular weight is 265 g/mol. The first-order valence-electron chi connectivity index (χ1n) is 6.31.